The lowest BCUT2D eigenvalue weighted by Crippen LogP contribution is -2.24. The Morgan fingerprint density at radius 2 is 0.750 bits per heavy atom. The van der Waals surface area contributed by atoms with Gasteiger partial charge in [0.25, 0.3) is 0 Å². The minimum atomic E-state index is -0.139. The van der Waals surface area contributed by atoms with Gasteiger partial charge in [-0.05, 0) is 105 Å². The molecule has 0 saturated heterocycles. The van der Waals surface area contributed by atoms with Crippen LogP contribution in [0, 0.1) is 0 Å². The van der Waals surface area contributed by atoms with Crippen molar-refractivity contribution in [1.82, 2.24) is 0 Å². The van der Waals surface area contributed by atoms with Crippen molar-refractivity contribution in [2.75, 3.05) is 0 Å². The molecule has 0 fully saturated rings. The summed E-state index contributed by atoms with van der Waals surface area (Å²) in [4.78, 5) is 0. The Labute approximate surface area is 282 Å². The quantitative estimate of drug-likeness (QED) is 0.170. The summed E-state index contributed by atoms with van der Waals surface area (Å²) in [7, 11) is 0. The van der Waals surface area contributed by atoms with Gasteiger partial charge in [-0.2, -0.15) is 0 Å². The molecule has 0 atom stereocenters. The Hall–Kier alpha value is -5.46. The molecule has 2 aliphatic rings. The maximum absolute atomic E-state index is 2.56. The smallest absolute Gasteiger partial charge is 0.0162 e. The molecule has 0 heteroatoms. The molecular weight excluding hydrogens is 577 g/mol. The van der Waals surface area contributed by atoms with E-state index >= 15 is 0 Å². The van der Waals surface area contributed by atoms with Crippen LogP contribution in [0.3, 0.4) is 0 Å². The molecule has 2 aliphatic carbocycles. The molecule has 10 rings (SSSR count). The monoisotopic (exact) mass is 612 g/mol. The summed E-state index contributed by atoms with van der Waals surface area (Å²) in [6, 6.07) is 54.6. The van der Waals surface area contributed by atoms with Gasteiger partial charge in [0.05, 0.1) is 0 Å². The number of benzene rings is 8. The maximum atomic E-state index is 2.56. The highest BCUT2D eigenvalue weighted by Gasteiger charge is 2.47. The summed E-state index contributed by atoms with van der Waals surface area (Å²) in [5.41, 5.74) is 16.4. The topological polar surface area (TPSA) is 0 Å². The highest BCUT2D eigenvalue weighted by Crippen LogP contribution is 2.62. The average Bonchev–Trinajstić information content (AvgIpc) is 3.50. The number of hydrogen-bond donors (Lipinski definition) is 0. The Balaban J connectivity index is 1.42. The first-order chi connectivity index (χ1) is 23.4. The van der Waals surface area contributed by atoms with Crippen LogP contribution in [0.15, 0.2) is 146 Å². The van der Waals surface area contributed by atoms with Crippen molar-refractivity contribution < 1.29 is 0 Å². The predicted molar refractivity (Wildman–Crippen MR) is 205 cm³/mol. The Kier molecular flexibility index (Phi) is 5.50. The van der Waals surface area contributed by atoms with Gasteiger partial charge in [-0.25, -0.2) is 0 Å². The van der Waals surface area contributed by atoms with E-state index in [-0.39, 0.29) is 10.8 Å². The van der Waals surface area contributed by atoms with Crippen LogP contribution in [-0.4, -0.2) is 0 Å². The molecule has 48 heavy (non-hydrogen) atoms. The van der Waals surface area contributed by atoms with Crippen LogP contribution in [0.25, 0.3) is 76.8 Å². The first-order valence-corrected chi connectivity index (χ1v) is 17.2. The number of fused-ring (bicyclic) bond motifs is 10. The molecule has 8 aromatic carbocycles. The van der Waals surface area contributed by atoms with E-state index in [0.717, 1.165) is 0 Å². The Morgan fingerprint density at radius 1 is 0.312 bits per heavy atom. The van der Waals surface area contributed by atoms with E-state index < -0.39 is 0 Å². The summed E-state index contributed by atoms with van der Waals surface area (Å²) >= 11 is 0. The summed E-state index contributed by atoms with van der Waals surface area (Å²) in [5, 5.41) is 7.74. The third-order valence-corrected chi connectivity index (χ3v) is 11.6. The van der Waals surface area contributed by atoms with Gasteiger partial charge in [-0.15, -0.1) is 0 Å². The first-order valence-electron chi connectivity index (χ1n) is 17.2. The Morgan fingerprint density at radius 3 is 1.40 bits per heavy atom. The minimum absolute atomic E-state index is 0.101. The molecule has 0 bridgehead atoms. The highest BCUT2D eigenvalue weighted by atomic mass is 14.5. The van der Waals surface area contributed by atoms with E-state index in [0.29, 0.717) is 0 Å². The SMILES string of the molecule is CC1(C)c2ccccc2-c2cc(-c3c4ccccc4c(-c4cccc5ccccc45)c4ccccc34)c3c(c21)C(C)(C)c1ccccc1-3. The van der Waals surface area contributed by atoms with E-state index in [4.69, 9.17) is 0 Å². The molecule has 0 N–H and O–H groups in total. The van der Waals surface area contributed by atoms with Crippen LogP contribution in [0.4, 0.5) is 0 Å². The number of hydrogen-bond acceptors (Lipinski definition) is 0. The molecular formula is C48H36. The van der Waals surface area contributed by atoms with E-state index in [2.05, 4.69) is 173 Å². The third kappa shape index (κ3) is 3.45. The zero-order chi connectivity index (χ0) is 32.4. The molecule has 0 aromatic heterocycles. The lowest BCUT2D eigenvalue weighted by molar-refractivity contribution is 0.601. The van der Waals surface area contributed by atoms with Gasteiger partial charge in [-0.3, -0.25) is 0 Å². The minimum Gasteiger partial charge on any atom is -0.0619 e. The van der Waals surface area contributed by atoms with Gasteiger partial charge < -0.3 is 0 Å². The predicted octanol–water partition coefficient (Wildman–Crippen LogP) is 13.1. The molecule has 228 valence electrons. The van der Waals surface area contributed by atoms with Crippen molar-refractivity contribution >= 4 is 32.3 Å². The van der Waals surface area contributed by atoms with Crippen molar-refractivity contribution in [3.8, 4) is 44.5 Å². The summed E-state index contributed by atoms with van der Waals surface area (Å²) in [6.07, 6.45) is 0. The van der Waals surface area contributed by atoms with E-state index in [9.17, 15) is 0 Å². The van der Waals surface area contributed by atoms with Gasteiger partial charge in [-0.1, -0.05) is 167 Å². The molecule has 0 unspecified atom stereocenters. The molecule has 0 heterocycles. The second-order valence-corrected chi connectivity index (χ2v) is 14.8. The van der Waals surface area contributed by atoms with Crippen LogP contribution < -0.4 is 0 Å². The standard InChI is InChI=1S/C48H36/c1-47(2)40-26-13-11-19-31(40)38-28-39(44-37-24-12-14-27-41(37)48(3,4)46(44)45(38)47)43-35-22-9-7-20-33(35)42(34-21-8-10-23-36(34)43)32-25-15-17-29-16-5-6-18-30(29)32/h5-28H,1-4H3. The lowest BCUT2D eigenvalue weighted by atomic mass is 9.71. The summed E-state index contributed by atoms with van der Waals surface area (Å²) < 4.78 is 0. The van der Waals surface area contributed by atoms with Gasteiger partial charge in [0.15, 0.2) is 0 Å². The Bertz CT molecular complexity index is 2600. The van der Waals surface area contributed by atoms with Gasteiger partial charge >= 0.3 is 0 Å². The van der Waals surface area contributed by atoms with Crippen molar-refractivity contribution in [2.45, 2.75) is 38.5 Å². The second kappa shape index (κ2) is 9.55. The molecule has 0 amide bonds. The highest BCUT2D eigenvalue weighted by molar-refractivity contribution is 6.25. The zero-order valence-electron chi connectivity index (χ0n) is 27.9. The number of rotatable bonds is 2. The summed E-state index contributed by atoms with van der Waals surface area (Å²) in [6.45, 7) is 9.75. The maximum Gasteiger partial charge on any atom is 0.0162 e. The molecule has 0 saturated carbocycles. The first kappa shape index (κ1) is 27.6. The van der Waals surface area contributed by atoms with Crippen molar-refractivity contribution in [3.05, 3.63) is 168 Å². The van der Waals surface area contributed by atoms with Gasteiger partial charge in [0.1, 0.15) is 0 Å². The van der Waals surface area contributed by atoms with Crippen LogP contribution in [-0.2, 0) is 10.8 Å². The molecule has 8 aromatic rings. The fourth-order valence-electron chi connectivity index (χ4n) is 9.58. The fourth-order valence-corrected chi connectivity index (χ4v) is 9.58. The molecule has 0 aliphatic heterocycles. The van der Waals surface area contributed by atoms with Crippen LogP contribution in [0.2, 0.25) is 0 Å². The third-order valence-electron chi connectivity index (χ3n) is 11.6. The van der Waals surface area contributed by atoms with E-state index in [1.807, 2.05) is 0 Å². The van der Waals surface area contributed by atoms with E-state index in [1.54, 1.807) is 0 Å². The zero-order valence-corrected chi connectivity index (χ0v) is 27.9. The van der Waals surface area contributed by atoms with Crippen LogP contribution >= 0.6 is 0 Å². The largest absolute Gasteiger partial charge is 0.0619 e. The van der Waals surface area contributed by atoms with Crippen LogP contribution in [0.1, 0.15) is 49.9 Å². The second-order valence-electron chi connectivity index (χ2n) is 14.8. The van der Waals surface area contributed by atoms with Gasteiger partial charge in [0.2, 0.25) is 0 Å². The van der Waals surface area contributed by atoms with Crippen LogP contribution in [0.5, 0.6) is 0 Å². The molecule has 0 nitrogen and oxygen atoms in total. The molecule has 0 radical (unpaired) electrons. The normalized spacial score (nSPS) is 15.0. The van der Waals surface area contributed by atoms with Crippen molar-refractivity contribution in [3.63, 3.8) is 0 Å². The lowest BCUT2D eigenvalue weighted by Gasteiger charge is -2.31. The fraction of sp³-hybridized carbons (Fsp3) is 0.125. The summed E-state index contributed by atoms with van der Waals surface area (Å²) in [5.74, 6) is 0. The van der Waals surface area contributed by atoms with Crippen molar-refractivity contribution in [1.29, 1.82) is 0 Å². The van der Waals surface area contributed by atoms with Gasteiger partial charge in [0, 0.05) is 10.8 Å². The van der Waals surface area contributed by atoms with Crippen molar-refractivity contribution in [2.24, 2.45) is 0 Å². The van der Waals surface area contributed by atoms with E-state index in [1.165, 1.54) is 99.1 Å². The molecule has 0 spiro atoms. The average molecular weight is 613 g/mol.